The van der Waals surface area contributed by atoms with E-state index in [1.54, 1.807) is 0 Å². The second-order valence-electron chi connectivity index (χ2n) is 8.39. The van der Waals surface area contributed by atoms with Crippen molar-refractivity contribution in [3.63, 3.8) is 0 Å². The second kappa shape index (κ2) is 18.3. The number of aliphatic hydroxyl groups is 3. The van der Waals surface area contributed by atoms with Gasteiger partial charge in [0.25, 0.3) is 0 Å². The van der Waals surface area contributed by atoms with Crippen molar-refractivity contribution in [1.29, 1.82) is 0 Å². The van der Waals surface area contributed by atoms with Crippen LogP contribution in [-0.2, 0) is 9.47 Å². The third-order valence-electron chi connectivity index (χ3n) is 5.74. The number of hydrogen-bond acceptors (Lipinski definition) is 5. The molecule has 0 radical (unpaired) electrons. The van der Waals surface area contributed by atoms with Crippen molar-refractivity contribution >= 4 is 0 Å². The number of aliphatic hydroxyl groups excluding tert-OH is 3. The first-order valence-corrected chi connectivity index (χ1v) is 12.1. The van der Waals surface area contributed by atoms with Crippen molar-refractivity contribution in [1.82, 2.24) is 0 Å². The number of allylic oxidation sites excluding steroid dienone is 1. The van der Waals surface area contributed by atoms with E-state index in [9.17, 15) is 15.3 Å². The van der Waals surface area contributed by atoms with Crippen LogP contribution in [0.5, 0.6) is 0 Å². The lowest BCUT2D eigenvalue weighted by Gasteiger charge is -2.37. The van der Waals surface area contributed by atoms with E-state index >= 15 is 0 Å². The number of unbranched alkanes of at least 4 members (excludes halogenated alkanes) is 12. The predicted octanol–water partition coefficient (Wildman–Crippen LogP) is 4.52. The average Bonchev–Trinajstić information content (AvgIpc) is 2.73. The Balaban J connectivity index is 1.89. The van der Waals surface area contributed by atoms with Crippen molar-refractivity contribution in [2.45, 2.75) is 121 Å². The molecule has 1 saturated heterocycles. The Bertz CT molecular complexity index is 385. The van der Waals surface area contributed by atoms with Crippen LogP contribution < -0.4 is 0 Å². The first kappa shape index (κ1) is 26.6. The zero-order chi connectivity index (χ0) is 21.2. The minimum Gasteiger partial charge on any atom is -0.394 e. The predicted molar refractivity (Wildman–Crippen MR) is 118 cm³/mol. The monoisotopic (exact) mass is 414 g/mol. The van der Waals surface area contributed by atoms with Gasteiger partial charge in [-0.3, -0.25) is 0 Å². The molecule has 29 heavy (non-hydrogen) atoms. The molecule has 0 bridgehead atoms. The van der Waals surface area contributed by atoms with Gasteiger partial charge in [0.05, 0.1) is 19.8 Å². The third kappa shape index (κ3) is 12.7. The van der Waals surface area contributed by atoms with Crippen LogP contribution in [0.3, 0.4) is 0 Å². The van der Waals surface area contributed by atoms with E-state index in [0.717, 1.165) is 12.8 Å². The molecule has 1 aliphatic heterocycles. The summed E-state index contributed by atoms with van der Waals surface area (Å²) in [7, 11) is 0. The van der Waals surface area contributed by atoms with Gasteiger partial charge in [-0.05, 0) is 19.3 Å². The standard InChI is InChI=1S/C24H46O5/c1-2-3-4-5-6-7-8-9-10-11-12-13-14-15-16-17-18-28-24-22(19-25)29-20-21(26)23(24)27/h15-16,21-27H,2-14,17-20H2,1H3/b16-15+/t21-,22+,23+,24+/m0/s1. The Kier molecular flexibility index (Phi) is 16.8. The first-order chi connectivity index (χ1) is 14.2. The third-order valence-corrected chi connectivity index (χ3v) is 5.74. The largest absolute Gasteiger partial charge is 0.394 e. The quantitative estimate of drug-likeness (QED) is 0.227. The Morgan fingerprint density at radius 1 is 0.828 bits per heavy atom. The number of ether oxygens (including phenoxy) is 2. The van der Waals surface area contributed by atoms with Gasteiger partial charge in [0.1, 0.15) is 24.4 Å². The molecule has 0 aromatic heterocycles. The second-order valence-corrected chi connectivity index (χ2v) is 8.39. The fraction of sp³-hybridized carbons (Fsp3) is 0.917. The van der Waals surface area contributed by atoms with Gasteiger partial charge in [-0.1, -0.05) is 89.7 Å². The highest BCUT2D eigenvalue weighted by Crippen LogP contribution is 2.19. The zero-order valence-electron chi connectivity index (χ0n) is 18.6. The lowest BCUT2D eigenvalue weighted by atomic mass is 10.0. The summed E-state index contributed by atoms with van der Waals surface area (Å²) in [5.41, 5.74) is 0. The van der Waals surface area contributed by atoms with E-state index in [0.29, 0.717) is 6.61 Å². The van der Waals surface area contributed by atoms with Crippen molar-refractivity contribution in [2.24, 2.45) is 0 Å². The van der Waals surface area contributed by atoms with Gasteiger partial charge in [-0.25, -0.2) is 0 Å². The molecule has 1 fully saturated rings. The first-order valence-electron chi connectivity index (χ1n) is 12.1. The van der Waals surface area contributed by atoms with Crippen molar-refractivity contribution < 1.29 is 24.8 Å². The van der Waals surface area contributed by atoms with Gasteiger partial charge in [-0.2, -0.15) is 0 Å². The van der Waals surface area contributed by atoms with Crippen LogP contribution in [0, 0.1) is 0 Å². The van der Waals surface area contributed by atoms with Crippen LogP contribution in [0.2, 0.25) is 0 Å². The Morgan fingerprint density at radius 3 is 1.97 bits per heavy atom. The highest BCUT2D eigenvalue weighted by atomic mass is 16.6. The van der Waals surface area contributed by atoms with Crippen LogP contribution in [0.4, 0.5) is 0 Å². The van der Waals surface area contributed by atoms with Crippen molar-refractivity contribution in [3.05, 3.63) is 12.2 Å². The van der Waals surface area contributed by atoms with E-state index in [1.807, 2.05) is 0 Å². The molecular formula is C24H46O5. The summed E-state index contributed by atoms with van der Waals surface area (Å²) in [6.45, 7) is 2.53. The molecule has 1 aliphatic rings. The van der Waals surface area contributed by atoms with E-state index < -0.39 is 24.4 Å². The molecule has 0 unspecified atom stereocenters. The van der Waals surface area contributed by atoms with Crippen LogP contribution in [0.1, 0.15) is 96.8 Å². The molecule has 0 spiro atoms. The van der Waals surface area contributed by atoms with Gasteiger partial charge in [0.15, 0.2) is 0 Å². The Labute approximate surface area is 178 Å². The lowest BCUT2D eigenvalue weighted by Crippen LogP contribution is -2.55. The SMILES string of the molecule is CCCCCCCCCCCCCC/C=C/CCO[C@H]1[C@H](O)[C@@H](O)CO[C@@H]1CO. The van der Waals surface area contributed by atoms with Crippen LogP contribution in [0.25, 0.3) is 0 Å². The van der Waals surface area contributed by atoms with Crippen LogP contribution >= 0.6 is 0 Å². The smallest absolute Gasteiger partial charge is 0.114 e. The molecule has 0 aliphatic carbocycles. The normalized spacial score (nSPS) is 25.1. The minimum atomic E-state index is -1.01. The molecule has 0 amide bonds. The fourth-order valence-corrected chi connectivity index (χ4v) is 3.83. The molecule has 3 N–H and O–H groups in total. The van der Waals surface area contributed by atoms with Gasteiger partial charge < -0.3 is 24.8 Å². The lowest BCUT2D eigenvalue weighted by molar-refractivity contribution is -0.211. The molecule has 0 saturated carbocycles. The molecule has 0 aromatic rings. The van der Waals surface area contributed by atoms with E-state index in [1.165, 1.54) is 77.0 Å². The summed E-state index contributed by atoms with van der Waals surface area (Å²) in [5, 5.41) is 28.9. The minimum absolute atomic E-state index is 0.0329. The summed E-state index contributed by atoms with van der Waals surface area (Å²) < 4.78 is 10.9. The summed E-state index contributed by atoms with van der Waals surface area (Å²) in [6.07, 6.45) is 19.4. The number of hydrogen-bond donors (Lipinski definition) is 3. The molecular weight excluding hydrogens is 368 g/mol. The Hall–Kier alpha value is -0.460. The molecule has 5 nitrogen and oxygen atoms in total. The number of rotatable bonds is 18. The van der Waals surface area contributed by atoms with Crippen LogP contribution in [0.15, 0.2) is 12.2 Å². The molecule has 172 valence electrons. The maximum atomic E-state index is 9.99. The van der Waals surface area contributed by atoms with Crippen molar-refractivity contribution in [2.75, 3.05) is 19.8 Å². The summed E-state index contributed by atoms with van der Waals surface area (Å²) >= 11 is 0. The molecule has 5 heteroatoms. The molecule has 4 atom stereocenters. The topological polar surface area (TPSA) is 79.2 Å². The van der Waals surface area contributed by atoms with Gasteiger partial charge in [0.2, 0.25) is 0 Å². The van der Waals surface area contributed by atoms with E-state index in [-0.39, 0.29) is 13.2 Å². The van der Waals surface area contributed by atoms with Crippen LogP contribution in [-0.4, -0.2) is 59.6 Å². The summed E-state index contributed by atoms with van der Waals surface area (Å²) in [4.78, 5) is 0. The highest BCUT2D eigenvalue weighted by molar-refractivity contribution is 4.88. The molecule has 1 heterocycles. The average molecular weight is 415 g/mol. The maximum absolute atomic E-state index is 9.99. The van der Waals surface area contributed by atoms with E-state index in [4.69, 9.17) is 9.47 Å². The molecule has 1 rings (SSSR count). The van der Waals surface area contributed by atoms with Gasteiger partial charge in [-0.15, -0.1) is 0 Å². The van der Waals surface area contributed by atoms with Crippen molar-refractivity contribution in [3.8, 4) is 0 Å². The summed E-state index contributed by atoms with van der Waals surface area (Å²) in [6, 6.07) is 0. The maximum Gasteiger partial charge on any atom is 0.114 e. The summed E-state index contributed by atoms with van der Waals surface area (Å²) in [5.74, 6) is 0. The highest BCUT2D eigenvalue weighted by Gasteiger charge is 2.39. The molecule has 0 aromatic carbocycles. The van der Waals surface area contributed by atoms with Gasteiger partial charge in [0, 0.05) is 0 Å². The zero-order valence-corrected chi connectivity index (χ0v) is 18.6. The van der Waals surface area contributed by atoms with Gasteiger partial charge >= 0.3 is 0 Å². The van der Waals surface area contributed by atoms with E-state index in [2.05, 4.69) is 19.1 Å². The Morgan fingerprint density at radius 2 is 1.38 bits per heavy atom. The fourth-order valence-electron chi connectivity index (χ4n) is 3.83.